The average molecular weight is 357 g/mol. The molecule has 0 bridgehead atoms. The number of ether oxygens (including phenoxy) is 1. The van der Waals surface area contributed by atoms with Gasteiger partial charge in [0.25, 0.3) is 0 Å². The van der Waals surface area contributed by atoms with Crippen LogP contribution in [0, 0.1) is 28.6 Å². The minimum Gasteiger partial charge on any atom is -0.459 e. The Kier molecular flexibility index (Phi) is 3.85. The van der Waals surface area contributed by atoms with Crippen LogP contribution in [0.3, 0.4) is 0 Å². The molecule has 0 N–H and O–H groups in total. The predicted molar refractivity (Wildman–Crippen MR) is 101 cm³/mol. The molecule has 142 valence electrons. The van der Waals surface area contributed by atoms with E-state index in [2.05, 4.69) is 33.8 Å². The molecule has 2 fully saturated rings. The first-order valence-corrected chi connectivity index (χ1v) is 10.2. The Morgan fingerprint density at radius 3 is 2.46 bits per heavy atom. The van der Waals surface area contributed by atoms with Crippen molar-refractivity contribution >= 4 is 11.8 Å². The summed E-state index contributed by atoms with van der Waals surface area (Å²) in [6.45, 7) is 10.7. The molecule has 0 spiro atoms. The van der Waals surface area contributed by atoms with Gasteiger partial charge in [-0.2, -0.15) is 0 Å². The molecule has 6 atom stereocenters. The van der Waals surface area contributed by atoms with Crippen molar-refractivity contribution in [2.45, 2.75) is 78.7 Å². The maximum Gasteiger partial charge on any atom is 0.303 e. The van der Waals surface area contributed by atoms with Crippen LogP contribution in [0.4, 0.5) is 0 Å². The van der Waals surface area contributed by atoms with Crippen molar-refractivity contribution in [2.75, 3.05) is 0 Å². The summed E-state index contributed by atoms with van der Waals surface area (Å²) in [4.78, 5) is 23.8. The molecule has 0 radical (unpaired) electrons. The smallest absolute Gasteiger partial charge is 0.303 e. The van der Waals surface area contributed by atoms with Crippen LogP contribution in [0.15, 0.2) is 23.3 Å². The van der Waals surface area contributed by atoms with Crippen LogP contribution in [-0.2, 0) is 14.3 Å². The maximum atomic E-state index is 12.0. The van der Waals surface area contributed by atoms with E-state index in [1.165, 1.54) is 18.1 Å². The number of carbonyl (C=O) groups excluding carboxylic acids is 2. The summed E-state index contributed by atoms with van der Waals surface area (Å²) >= 11 is 0. The van der Waals surface area contributed by atoms with Crippen molar-refractivity contribution in [1.29, 1.82) is 0 Å². The molecule has 0 aliphatic heterocycles. The van der Waals surface area contributed by atoms with Gasteiger partial charge in [-0.05, 0) is 80.8 Å². The minimum absolute atomic E-state index is 0.0387. The number of rotatable bonds is 1. The SMILES string of the molecule is CC(=O)OC1(C)CCC2C3C(C)=CC4=CC(=O)CCC4(C)C3CCC21C. The third kappa shape index (κ3) is 2.25. The first-order chi connectivity index (χ1) is 12.1. The van der Waals surface area contributed by atoms with Gasteiger partial charge in [-0.25, -0.2) is 0 Å². The quantitative estimate of drug-likeness (QED) is 0.621. The van der Waals surface area contributed by atoms with E-state index in [1.807, 2.05) is 6.08 Å². The van der Waals surface area contributed by atoms with Crippen LogP contribution in [0.1, 0.15) is 73.1 Å². The fraction of sp³-hybridized carbons (Fsp3) is 0.739. The molecule has 3 nitrogen and oxygen atoms in total. The monoisotopic (exact) mass is 356 g/mol. The summed E-state index contributed by atoms with van der Waals surface area (Å²) in [5.41, 5.74) is 2.50. The third-order valence-corrected chi connectivity index (χ3v) is 8.76. The highest BCUT2D eigenvalue weighted by molar-refractivity contribution is 5.92. The first-order valence-electron chi connectivity index (χ1n) is 10.2. The summed E-state index contributed by atoms with van der Waals surface area (Å²) in [6, 6.07) is 0. The summed E-state index contributed by atoms with van der Waals surface area (Å²) in [5, 5.41) is 0. The van der Waals surface area contributed by atoms with E-state index in [0.29, 0.717) is 24.2 Å². The Balaban J connectivity index is 1.76. The van der Waals surface area contributed by atoms with Gasteiger partial charge in [0.1, 0.15) is 5.60 Å². The number of hydrogen-bond donors (Lipinski definition) is 0. The topological polar surface area (TPSA) is 43.4 Å². The number of hydrogen-bond acceptors (Lipinski definition) is 3. The highest BCUT2D eigenvalue weighted by atomic mass is 16.6. The van der Waals surface area contributed by atoms with Gasteiger partial charge < -0.3 is 4.74 Å². The molecular weight excluding hydrogens is 324 g/mol. The van der Waals surface area contributed by atoms with Crippen LogP contribution in [-0.4, -0.2) is 17.4 Å². The zero-order valence-electron chi connectivity index (χ0n) is 16.9. The second kappa shape index (κ2) is 5.56. The van der Waals surface area contributed by atoms with Gasteiger partial charge in [0.15, 0.2) is 5.78 Å². The lowest BCUT2D eigenvalue weighted by molar-refractivity contribution is -0.175. The Hall–Kier alpha value is -1.38. The lowest BCUT2D eigenvalue weighted by Gasteiger charge is -2.58. The minimum atomic E-state index is -0.353. The van der Waals surface area contributed by atoms with Gasteiger partial charge in [-0.15, -0.1) is 0 Å². The lowest BCUT2D eigenvalue weighted by Crippen LogP contribution is -2.54. The lowest BCUT2D eigenvalue weighted by atomic mass is 9.47. The van der Waals surface area contributed by atoms with E-state index in [1.54, 1.807) is 0 Å². The Bertz CT molecular complexity index is 732. The van der Waals surface area contributed by atoms with E-state index in [9.17, 15) is 9.59 Å². The maximum absolute atomic E-state index is 12.0. The summed E-state index contributed by atoms with van der Waals surface area (Å²) < 4.78 is 5.92. The number of esters is 1. The van der Waals surface area contributed by atoms with Crippen LogP contribution >= 0.6 is 0 Å². The zero-order valence-corrected chi connectivity index (χ0v) is 16.9. The molecule has 26 heavy (non-hydrogen) atoms. The van der Waals surface area contributed by atoms with Crippen LogP contribution in [0.2, 0.25) is 0 Å². The molecule has 0 saturated heterocycles. The van der Waals surface area contributed by atoms with Crippen molar-refractivity contribution in [3.8, 4) is 0 Å². The molecule has 3 heteroatoms. The van der Waals surface area contributed by atoms with Gasteiger partial charge >= 0.3 is 5.97 Å². The van der Waals surface area contributed by atoms with Gasteiger partial charge in [0, 0.05) is 18.8 Å². The summed E-state index contributed by atoms with van der Waals surface area (Å²) in [7, 11) is 0. The normalized spacial score (nSPS) is 47.3. The van der Waals surface area contributed by atoms with Gasteiger partial charge in [-0.3, -0.25) is 9.59 Å². The van der Waals surface area contributed by atoms with Crippen LogP contribution in [0.5, 0.6) is 0 Å². The Morgan fingerprint density at radius 1 is 1.08 bits per heavy atom. The Morgan fingerprint density at radius 2 is 1.77 bits per heavy atom. The average Bonchev–Trinajstić information content (AvgIpc) is 2.80. The van der Waals surface area contributed by atoms with Gasteiger partial charge in [0.2, 0.25) is 0 Å². The van der Waals surface area contributed by atoms with Crippen molar-refractivity contribution in [1.82, 2.24) is 0 Å². The van der Waals surface area contributed by atoms with Gasteiger partial charge in [-0.1, -0.05) is 25.5 Å². The number of carbonyl (C=O) groups is 2. The van der Waals surface area contributed by atoms with E-state index in [0.717, 1.165) is 32.1 Å². The molecule has 0 aromatic heterocycles. The fourth-order valence-corrected chi connectivity index (χ4v) is 7.09. The van der Waals surface area contributed by atoms with Crippen LogP contribution < -0.4 is 0 Å². The Labute approximate surface area is 157 Å². The molecule has 4 rings (SSSR count). The third-order valence-electron chi connectivity index (χ3n) is 8.76. The van der Waals surface area contributed by atoms with Crippen molar-refractivity contribution in [2.24, 2.45) is 28.6 Å². The largest absolute Gasteiger partial charge is 0.459 e. The molecule has 4 aliphatic carbocycles. The molecule has 4 aliphatic rings. The highest BCUT2D eigenvalue weighted by Gasteiger charge is 2.64. The highest BCUT2D eigenvalue weighted by Crippen LogP contribution is 2.68. The van der Waals surface area contributed by atoms with Crippen LogP contribution in [0.25, 0.3) is 0 Å². The number of fused-ring (bicyclic) bond motifs is 5. The summed E-state index contributed by atoms with van der Waals surface area (Å²) in [5.74, 6) is 1.82. The first kappa shape index (κ1) is 18.0. The second-order valence-corrected chi connectivity index (χ2v) is 9.93. The standard InChI is InChI=1S/C23H32O3/c1-14-12-16-13-17(25)6-9-21(16,3)18-7-10-22(4)19(20(14)18)8-11-23(22,5)26-15(2)24/h12-13,18-20H,6-11H2,1-5H3. The molecule has 0 aromatic carbocycles. The molecule has 0 amide bonds. The summed E-state index contributed by atoms with van der Waals surface area (Å²) in [6.07, 6.45) is 10.2. The predicted octanol–water partition coefficient (Wildman–Crippen LogP) is 5.01. The number of ketones is 1. The molecule has 0 aromatic rings. The van der Waals surface area contributed by atoms with Crippen molar-refractivity contribution in [3.63, 3.8) is 0 Å². The molecular formula is C23H32O3. The molecule has 6 unspecified atom stereocenters. The van der Waals surface area contributed by atoms with Gasteiger partial charge in [0.05, 0.1) is 0 Å². The van der Waals surface area contributed by atoms with E-state index in [4.69, 9.17) is 4.74 Å². The van der Waals surface area contributed by atoms with E-state index < -0.39 is 0 Å². The van der Waals surface area contributed by atoms with Crippen molar-refractivity contribution < 1.29 is 14.3 Å². The fourth-order valence-electron chi connectivity index (χ4n) is 7.09. The zero-order chi connectivity index (χ0) is 18.9. The molecule has 0 heterocycles. The van der Waals surface area contributed by atoms with E-state index in [-0.39, 0.29) is 28.2 Å². The van der Waals surface area contributed by atoms with Crippen molar-refractivity contribution in [3.05, 3.63) is 23.3 Å². The number of allylic oxidation sites excluding steroid dienone is 4. The molecule has 2 saturated carbocycles. The van der Waals surface area contributed by atoms with E-state index >= 15 is 0 Å². The second-order valence-electron chi connectivity index (χ2n) is 9.93.